The number of nitrogens with zero attached hydrogens (tertiary/aromatic N) is 3. The zero-order valence-corrected chi connectivity index (χ0v) is 16.0. The highest BCUT2D eigenvalue weighted by Gasteiger charge is 2.22. The van der Waals surface area contributed by atoms with E-state index in [0.717, 1.165) is 11.3 Å². The average Bonchev–Trinajstić information content (AvgIpc) is 2.92. The molecule has 0 bridgehead atoms. The van der Waals surface area contributed by atoms with Crippen LogP contribution in [0.15, 0.2) is 29.1 Å². The Morgan fingerprint density at radius 3 is 2.46 bits per heavy atom. The Bertz CT molecular complexity index is 978. The summed E-state index contributed by atoms with van der Waals surface area (Å²) in [5.41, 5.74) is 4.04. The van der Waals surface area contributed by atoms with E-state index in [1.807, 2.05) is 0 Å². The van der Waals surface area contributed by atoms with Gasteiger partial charge < -0.3 is 10.1 Å². The van der Waals surface area contributed by atoms with Gasteiger partial charge >= 0.3 is 0 Å². The lowest BCUT2D eigenvalue weighted by Gasteiger charge is -2.20. The van der Waals surface area contributed by atoms with Gasteiger partial charge in [-0.05, 0) is 23.5 Å². The summed E-state index contributed by atoms with van der Waals surface area (Å²) in [7, 11) is 0. The van der Waals surface area contributed by atoms with Crippen molar-refractivity contribution in [3.63, 3.8) is 0 Å². The predicted molar refractivity (Wildman–Crippen MR) is 103 cm³/mol. The maximum atomic E-state index is 12.4. The molecule has 3 rings (SSSR count). The van der Waals surface area contributed by atoms with Crippen molar-refractivity contribution in [2.45, 2.75) is 52.5 Å². The molecule has 2 N–H and O–H groups in total. The smallest absolute Gasteiger partial charge is 0.277 e. The minimum absolute atomic E-state index is 0.0137. The van der Waals surface area contributed by atoms with Crippen LogP contribution in [-0.2, 0) is 12.0 Å². The molecule has 2 aromatic heterocycles. The number of nitrogens with one attached hydrogen (secondary N) is 1. The zero-order chi connectivity index (χ0) is 19.1. The van der Waals surface area contributed by atoms with Gasteiger partial charge in [-0.15, -0.1) is 0 Å². The number of aliphatic hydroxyl groups is 1. The molecule has 0 saturated carbocycles. The van der Waals surface area contributed by atoms with E-state index in [4.69, 9.17) is 0 Å². The third-order valence-corrected chi connectivity index (χ3v) is 4.74. The highest BCUT2D eigenvalue weighted by Crippen LogP contribution is 2.30. The first-order valence-electron chi connectivity index (χ1n) is 8.91. The number of aromatic amines is 1. The number of aromatic nitrogens is 4. The fourth-order valence-electron chi connectivity index (χ4n) is 3.20. The lowest BCUT2D eigenvalue weighted by Crippen LogP contribution is -2.15. The molecule has 0 amide bonds. The summed E-state index contributed by atoms with van der Waals surface area (Å²) in [4.78, 5) is 19.6. The van der Waals surface area contributed by atoms with Gasteiger partial charge in [-0.2, -0.15) is 5.10 Å². The standard InChI is InChI=1S/C20H26N4O2/c1-12(14-6-8-15(9-7-14)20(3,4)5)16-17-18(24(23-16)10-11-25)19(26)22-13(2)21-17/h6-9,12,25H,10-11H2,1-5H3,(H,21,22,26). The molecule has 1 atom stereocenters. The molecule has 1 unspecified atom stereocenters. The molecule has 1 aromatic carbocycles. The molecule has 0 spiro atoms. The quantitative estimate of drug-likeness (QED) is 0.754. The molecule has 2 heterocycles. The van der Waals surface area contributed by atoms with Crippen LogP contribution in [-0.4, -0.2) is 31.5 Å². The molecule has 138 valence electrons. The lowest BCUT2D eigenvalue weighted by atomic mass is 9.85. The number of hydrogen-bond donors (Lipinski definition) is 2. The van der Waals surface area contributed by atoms with Gasteiger partial charge in [-0.25, -0.2) is 4.98 Å². The summed E-state index contributed by atoms with van der Waals surface area (Å²) < 4.78 is 1.55. The second-order valence-electron chi connectivity index (χ2n) is 7.77. The van der Waals surface area contributed by atoms with Crippen LogP contribution in [0.3, 0.4) is 0 Å². The third-order valence-electron chi connectivity index (χ3n) is 4.74. The molecular weight excluding hydrogens is 328 g/mol. The minimum Gasteiger partial charge on any atom is -0.394 e. The molecule has 0 aliphatic rings. The zero-order valence-electron chi connectivity index (χ0n) is 16.0. The SMILES string of the molecule is Cc1nc2c(C(C)c3ccc(C(C)(C)C)cc3)nn(CCO)c2c(=O)[nH]1. The Labute approximate surface area is 152 Å². The van der Waals surface area contributed by atoms with Crippen molar-refractivity contribution in [1.29, 1.82) is 0 Å². The molecule has 0 radical (unpaired) electrons. The number of benzene rings is 1. The van der Waals surface area contributed by atoms with E-state index >= 15 is 0 Å². The Balaban J connectivity index is 2.11. The van der Waals surface area contributed by atoms with Gasteiger partial charge in [0.05, 0.1) is 18.8 Å². The van der Waals surface area contributed by atoms with Crippen LogP contribution in [0, 0.1) is 6.92 Å². The maximum absolute atomic E-state index is 12.4. The van der Waals surface area contributed by atoms with Gasteiger partial charge in [0, 0.05) is 5.92 Å². The highest BCUT2D eigenvalue weighted by molar-refractivity contribution is 5.77. The van der Waals surface area contributed by atoms with Crippen LogP contribution < -0.4 is 5.56 Å². The maximum Gasteiger partial charge on any atom is 0.277 e. The van der Waals surface area contributed by atoms with Crippen molar-refractivity contribution in [1.82, 2.24) is 19.7 Å². The van der Waals surface area contributed by atoms with E-state index in [1.54, 1.807) is 11.6 Å². The molecule has 6 nitrogen and oxygen atoms in total. The summed E-state index contributed by atoms with van der Waals surface area (Å²) in [5, 5.41) is 13.9. The normalized spacial score (nSPS) is 13.3. The topological polar surface area (TPSA) is 83.8 Å². The first-order valence-corrected chi connectivity index (χ1v) is 8.91. The van der Waals surface area contributed by atoms with Crippen molar-refractivity contribution < 1.29 is 5.11 Å². The average molecular weight is 354 g/mol. The van der Waals surface area contributed by atoms with Crippen LogP contribution >= 0.6 is 0 Å². The summed E-state index contributed by atoms with van der Waals surface area (Å²) in [6.07, 6.45) is 0. The lowest BCUT2D eigenvalue weighted by molar-refractivity contribution is 0.271. The van der Waals surface area contributed by atoms with E-state index in [0.29, 0.717) is 16.9 Å². The first-order chi connectivity index (χ1) is 12.2. The van der Waals surface area contributed by atoms with Crippen molar-refractivity contribution in [2.24, 2.45) is 0 Å². The van der Waals surface area contributed by atoms with Crippen molar-refractivity contribution in [2.75, 3.05) is 6.61 Å². The fourth-order valence-corrected chi connectivity index (χ4v) is 3.20. The first kappa shape index (κ1) is 18.3. The summed E-state index contributed by atoms with van der Waals surface area (Å²) in [6, 6.07) is 8.51. The van der Waals surface area contributed by atoms with Gasteiger partial charge in [-0.3, -0.25) is 9.48 Å². The fraction of sp³-hybridized carbons (Fsp3) is 0.450. The van der Waals surface area contributed by atoms with E-state index in [9.17, 15) is 9.90 Å². The van der Waals surface area contributed by atoms with Crippen LogP contribution in [0.5, 0.6) is 0 Å². The second kappa shape index (κ2) is 6.68. The molecule has 0 aliphatic heterocycles. The molecule has 0 aliphatic carbocycles. The third kappa shape index (κ3) is 3.29. The van der Waals surface area contributed by atoms with Crippen LogP contribution in [0.1, 0.15) is 56.3 Å². The predicted octanol–water partition coefficient (Wildman–Crippen LogP) is 2.87. The van der Waals surface area contributed by atoms with E-state index in [-0.39, 0.29) is 30.0 Å². The monoisotopic (exact) mass is 354 g/mol. The number of H-pyrrole nitrogens is 1. The Morgan fingerprint density at radius 1 is 1.23 bits per heavy atom. The second-order valence-corrected chi connectivity index (χ2v) is 7.77. The Morgan fingerprint density at radius 2 is 1.88 bits per heavy atom. The van der Waals surface area contributed by atoms with Gasteiger partial charge in [-0.1, -0.05) is 52.0 Å². The summed E-state index contributed by atoms with van der Waals surface area (Å²) in [6.45, 7) is 10.6. The minimum atomic E-state index is -0.227. The number of rotatable bonds is 4. The molecule has 6 heteroatoms. The highest BCUT2D eigenvalue weighted by atomic mass is 16.3. The van der Waals surface area contributed by atoms with Gasteiger partial charge in [0.1, 0.15) is 11.3 Å². The number of fused-ring (bicyclic) bond motifs is 1. The Kier molecular flexibility index (Phi) is 4.71. The van der Waals surface area contributed by atoms with Gasteiger partial charge in [0.15, 0.2) is 5.52 Å². The van der Waals surface area contributed by atoms with Crippen molar-refractivity contribution in [3.8, 4) is 0 Å². The van der Waals surface area contributed by atoms with Crippen LogP contribution in [0.2, 0.25) is 0 Å². The molecular formula is C20H26N4O2. The van der Waals surface area contributed by atoms with Crippen molar-refractivity contribution in [3.05, 3.63) is 57.3 Å². The van der Waals surface area contributed by atoms with Crippen LogP contribution in [0.25, 0.3) is 11.0 Å². The van der Waals surface area contributed by atoms with Gasteiger partial charge in [0.2, 0.25) is 0 Å². The summed E-state index contributed by atoms with van der Waals surface area (Å²) in [5.74, 6) is 0.544. The van der Waals surface area contributed by atoms with E-state index in [2.05, 4.69) is 67.0 Å². The Hall–Kier alpha value is -2.47. The molecule has 26 heavy (non-hydrogen) atoms. The summed E-state index contributed by atoms with van der Waals surface area (Å²) >= 11 is 0. The van der Waals surface area contributed by atoms with Crippen LogP contribution in [0.4, 0.5) is 0 Å². The molecule has 3 aromatic rings. The number of aryl methyl sites for hydroxylation is 1. The van der Waals surface area contributed by atoms with Crippen molar-refractivity contribution >= 4 is 11.0 Å². The van der Waals surface area contributed by atoms with Gasteiger partial charge in [0.25, 0.3) is 5.56 Å². The molecule has 0 fully saturated rings. The van der Waals surface area contributed by atoms with E-state index < -0.39 is 0 Å². The number of aliphatic hydroxyl groups excluding tert-OH is 1. The number of hydrogen-bond acceptors (Lipinski definition) is 4. The molecule has 0 saturated heterocycles. The van der Waals surface area contributed by atoms with E-state index in [1.165, 1.54) is 5.56 Å². The largest absolute Gasteiger partial charge is 0.394 e.